The minimum Gasteiger partial charge on any atom is -0.462 e. The molecule has 1 aromatic rings. The van der Waals surface area contributed by atoms with E-state index in [4.69, 9.17) is 19.5 Å². The molecule has 1 aromatic heterocycles. The molecule has 8 nitrogen and oxygen atoms in total. The SMILES string of the molecule is CC(=O)O[C@@H]1CC2=CC(=NOCCCn3ccnc3)[C@H]3[C@@H]4CCC[C@@]4(C)CC[C@@H]3[C@@]2(C)[C@H](OC(C)=O)C1. The molecule has 0 radical (unpaired) electrons. The van der Waals surface area contributed by atoms with Gasteiger partial charge in [0.2, 0.25) is 0 Å². The fourth-order valence-electron chi connectivity index (χ4n) is 8.05. The molecule has 8 heteroatoms. The van der Waals surface area contributed by atoms with Crippen LogP contribution in [0.2, 0.25) is 0 Å². The average Bonchev–Trinajstić information content (AvgIpc) is 3.48. The second kappa shape index (κ2) is 10.3. The minimum atomic E-state index is -0.328. The molecule has 0 aromatic carbocycles. The Morgan fingerprint density at radius 3 is 2.68 bits per heavy atom. The molecule has 5 rings (SSSR count). The predicted molar refractivity (Wildman–Crippen MR) is 138 cm³/mol. The zero-order valence-electron chi connectivity index (χ0n) is 22.7. The zero-order chi connectivity index (χ0) is 26.2. The van der Waals surface area contributed by atoms with E-state index in [0.29, 0.717) is 36.7 Å². The van der Waals surface area contributed by atoms with Gasteiger partial charge in [-0.15, -0.1) is 0 Å². The van der Waals surface area contributed by atoms with Gasteiger partial charge in [0.1, 0.15) is 18.8 Å². The fraction of sp³-hybridized carbons (Fsp3) is 0.724. The lowest BCUT2D eigenvalue weighted by atomic mass is 9.47. The Kier molecular flexibility index (Phi) is 7.20. The number of nitrogens with zero attached hydrogens (tertiary/aromatic N) is 3. The molecule has 7 atom stereocenters. The van der Waals surface area contributed by atoms with E-state index in [1.807, 2.05) is 17.1 Å². The van der Waals surface area contributed by atoms with Gasteiger partial charge in [0.25, 0.3) is 0 Å². The summed E-state index contributed by atoms with van der Waals surface area (Å²) in [5.74, 6) is 0.525. The van der Waals surface area contributed by atoms with Gasteiger partial charge < -0.3 is 18.9 Å². The van der Waals surface area contributed by atoms with Crippen LogP contribution in [0.3, 0.4) is 0 Å². The first kappa shape index (κ1) is 26.0. The summed E-state index contributed by atoms with van der Waals surface area (Å²) in [5, 5.41) is 4.77. The maximum Gasteiger partial charge on any atom is 0.302 e. The lowest BCUT2D eigenvalue weighted by Gasteiger charge is -2.59. The zero-order valence-corrected chi connectivity index (χ0v) is 22.7. The van der Waals surface area contributed by atoms with Crippen molar-refractivity contribution in [1.29, 1.82) is 0 Å². The Labute approximate surface area is 219 Å². The summed E-state index contributed by atoms with van der Waals surface area (Å²) in [6.07, 6.45) is 15.1. The van der Waals surface area contributed by atoms with Crippen LogP contribution in [-0.2, 0) is 30.4 Å². The highest BCUT2D eigenvalue weighted by atomic mass is 16.6. The largest absolute Gasteiger partial charge is 0.462 e. The van der Waals surface area contributed by atoms with Gasteiger partial charge in [-0.25, -0.2) is 4.98 Å². The Morgan fingerprint density at radius 1 is 1.14 bits per heavy atom. The van der Waals surface area contributed by atoms with E-state index in [0.717, 1.165) is 25.1 Å². The van der Waals surface area contributed by atoms with E-state index in [1.165, 1.54) is 45.1 Å². The van der Waals surface area contributed by atoms with Gasteiger partial charge in [-0.2, -0.15) is 0 Å². The molecule has 3 saturated carbocycles. The first-order valence-corrected chi connectivity index (χ1v) is 13.9. The molecular formula is C29H41N3O5. The van der Waals surface area contributed by atoms with Crippen molar-refractivity contribution < 1.29 is 23.9 Å². The summed E-state index contributed by atoms with van der Waals surface area (Å²) < 4.78 is 13.7. The number of carbonyl (C=O) groups excluding carboxylic acids is 2. The molecule has 4 aliphatic rings. The van der Waals surface area contributed by atoms with Gasteiger partial charge in [-0.1, -0.05) is 31.0 Å². The van der Waals surface area contributed by atoms with Crippen LogP contribution in [0.5, 0.6) is 0 Å². The minimum absolute atomic E-state index is 0.270. The molecule has 4 aliphatic carbocycles. The number of carbonyl (C=O) groups is 2. The van der Waals surface area contributed by atoms with Gasteiger partial charge in [0, 0.05) is 63.4 Å². The molecule has 0 unspecified atom stereocenters. The third kappa shape index (κ3) is 4.96. The van der Waals surface area contributed by atoms with Crippen molar-refractivity contribution in [2.24, 2.45) is 33.7 Å². The number of aryl methyl sites for hydroxylation is 1. The van der Waals surface area contributed by atoms with Crippen molar-refractivity contribution in [3.63, 3.8) is 0 Å². The molecule has 0 amide bonds. The van der Waals surface area contributed by atoms with E-state index < -0.39 is 0 Å². The van der Waals surface area contributed by atoms with Crippen molar-refractivity contribution in [2.75, 3.05) is 6.61 Å². The second-order valence-electron chi connectivity index (χ2n) is 12.0. The standard InChI is InChI=1S/C29H41N3O5/c1-19(33)36-22-15-21-16-25(31-35-14-6-12-32-13-11-30-18-32)27-23-7-5-9-28(23,3)10-8-24(27)29(21,4)26(17-22)37-20(2)34/h11,13,16,18,22-24,26-27H,5-10,12,14-15,17H2,1-4H3/t22-,23+,24+,26-,27+,28+,29+/m1/s1. The highest BCUT2D eigenvalue weighted by molar-refractivity contribution is 5.99. The molecule has 0 N–H and O–H groups in total. The lowest BCUT2D eigenvalue weighted by Crippen LogP contribution is -2.58. The molecule has 3 fully saturated rings. The van der Waals surface area contributed by atoms with E-state index in [9.17, 15) is 9.59 Å². The smallest absolute Gasteiger partial charge is 0.302 e. The summed E-state index contributed by atoms with van der Waals surface area (Å²) in [4.78, 5) is 34.1. The molecule has 0 aliphatic heterocycles. The fourth-order valence-corrected chi connectivity index (χ4v) is 8.05. The Hall–Kier alpha value is -2.64. The number of rotatable bonds is 7. The van der Waals surface area contributed by atoms with Crippen LogP contribution in [0, 0.1) is 28.6 Å². The molecule has 1 heterocycles. The first-order valence-electron chi connectivity index (χ1n) is 13.9. The van der Waals surface area contributed by atoms with Crippen LogP contribution < -0.4 is 0 Å². The quantitative estimate of drug-likeness (QED) is 0.288. The molecule has 0 saturated heterocycles. The highest BCUT2D eigenvalue weighted by Crippen LogP contribution is 2.64. The summed E-state index contributed by atoms with van der Waals surface area (Å²) in [7, 11) is 0. The van der Waals surface area contributed by atoms with Gasteiger partial charge >= 0.3 is 11.9 Å². The van der Waals surface area contributed by atoms with E-state index in [2.05, 4.69) is 24.9 Å². The van der Waals surface area contributed by atoms with Gasteiger partial charge in [0.05, 0.1) is 12.0 Å². The Balaban J connectivity index is 1.46. The number of imidazole rings is 1. The third-order valence-corrected chi connectivity index (χ3v) is 9.79. The highest BCUT2D eigenvalue weighted by Gasteiger charge is 2.61. The van der Waals surface area contributed by atoms with Crippen molar-refractivity contribution in [3.05, 3.63) is 30.4 Å². The summed E-state index contributed by atoms with van der Waals surface area (Å²) in [6, 6.07) is 0. The number of ether oxygens (including phenoxy) is 2. The maximum atomic E-state index is 12.2. The van der Waals surface area contributed by atoms with Crippen LogP contribution in [0.1, 0.15) is 79.1 Å². The van der Waals surface area contributed by atoms with Crippen molar-refractivity contribution in [3.8, 4) is 0 Å². The molecule has 0 bridgehead atoms. The Bertz CT molecular complexity index is 1070. The van der Waals surface area contributed by atoms with Crippen LogP contribution >= 0.6 is 0 Å². The molecule has 37 heavy (non-hydrogen) atoms. The topological polar surface area (TPSA) is 92.0 Å². The van der Waals surface area contributed by atoms with Crippen molar-refractivity contribution in [1.82, 2.24) is 9.55 Å². The number of fused-ring (bicyclic) bond motifs is 5. The average molecular weight is 512 g/mol. The van der Waals surface area contributed by atoms with Crippen LogP contribution in [-0.4, -0.2) is 46.0 Å². The van der Waals surface area contributed by atoms with Crippen LogP contribution in [0.4, 0.5) is 0 Å². The molecular weight excluding hydrogens is 470 g/mol. The van der Waals surface area contributed by atoms with E-state index >= 15 is 0 Å². The number of hydrogen-bond donors (Lipinski definition) is 0. The van der Waals surface area contributed by atoms with Crippen LogP contribution in [0.15, 0.2) is 35.5 Å². The molecule has 202 valence electrons. The van der Waals surface area contributed by atoms with Gasteiger partial charge in [-0.3, -0.25) is 9.59 Å². The summed E-state index contributed by atoms with van der Waals surface area (Å²) in [6.45, 7) is 9.01. The predicted octanol–water partition coefficient (Wildman–Crippen LogP) is 5.08. The van der Waals surface area contributed by atoms with Crippen LogP contribution in [0.25, 0.3) is 0 Å². The van der Waals surface area contributed by atoms with E-state index in [-0.39, 0.29) is 35.5 Å². The number of oxime groups is 1. The van der Waals surface area contributed by atoms with Crippen molar-refractivity contribution >= 4 is 17.7 Å². The first-order chi connectivity index (χ1) is 17.7. The maximum absolute atomic E-state index is 12.2. The number of allylic oxidation sites excluding steroid dienone is 1. The normalized spacial score (nSPS) is 37.7. The number of esters is 2. The third-order valence-electron chi connectivity index (χ3n) is 9.79. The van der Waals surface area contributed by atoms with Gasteiger partial charge in [-0.05, 0) is 49.0 Å². The lowest BCUT2D eigenvalue weighted by molar-refractivity contribution is -0.168. The van der Waals surface area contributed by atoms with Gasteiger partial charge in [0.15, 0.2) is 0 Å². The summed E-state index contributed by atoms with van der Waals surface area (Å²) in [5.41, 5.74) is 2.19. The Morgan fingerprint density at radius 2 is 1.95 bits per heavy atom. The monoisotopic (exact) mass is 511 g/mol. The number of aromatic nitrogens is 2. The number of hydrogen-bond acceptors (Lipinski definition) is 7. The van der Waals surface area contributed by atoms with E-state index in [1.54, 1.807) is 6.20 Å². The summed E-state index contributed by atoms with van der Waals surface area (Å²) >= 11 is 0. The second-order valence-corrected chi connectivity index (χ2v) is 12.0. The van der Waals surface area contributed by atoms with Crippen molar-refractivity contribution in [2.45, 2.75) is 97.8 Å². The molecule has 0 spiro atoms.